The van der Waals surface area contributed by atoms with Gasteiger partial charge in [0.15, 0.2) is 0 Å². The van der Waals surface area contributed by atoms with E-state index in [2.05, 4.69) is 10.6 Å². The molecule has 0 aromatic heterocycles. The van der Waals surface area contributed by atoms with Crippen LogP contribution in [-0.4, -0.2) is 53.6 Å². The molecule has 1 heterocycles. The summed E-state index contributed by atoms with van der Waals surface area (Å²) < 4.78 is 0. The van der Waals surface area contributed by atoms with Crippen LogP contribution in [0.2, 0.25) is 0 Å². The van der Waals surface area contributed by atoms with Crippen molar-refractivity contribution in [3.05, 3.63) is 0 Å². The van der Waals surface area contributed by atoms with Gasteiger partial charge in [-0.2, -0.15) is 0 Å². The number of nitrogens with zero attached hydrogens (tertiary/aromatic N) is 1. The van der Waals surface area contributed by atoms with Gasteiger partial charge in [-0.05, 0) is 25.7 Å². The van der Waals surface area contributed by atoms with Crippen LogP contribution < -0.4 is 10.6 Å². The maximum atomic E-state index is 11.8. The van der Waals surface area contributed by atoms with E-state index in [0.717, 1.165) is 32.4 Å². The van der Waals surface area contributed by atoms with Crippen LogP contribution in [0.4, 0.5) is 4.79 Å². The molecule has 108 valence electrons. The number of carbonyl (C=O) groups excluding carboxylic acids is 2. The summed E-state index contributed by atoms with van der Waals surface area (Å²) >= 11 is 0. The van der Waals surface area contributed by atoms with Gasteiger partial charge in [0, 0.05) is 13.1 Å². The lowest BCUT2D eigenvalue weighted by atomic mass is 10.1. The van der Waals surface area contributed by atoms with Crippen LogP contribution in [0.15, 0.2) is 0 Å². The number of nitrogens with one attached hydrogen (secondary N) is 2. The fraction of sp³-hybridized carbons (Fsp3) is 0.750. The van der Waals surface area contributed by atoms with Gasteiger partial charge in [-0.25, -0.2) is 9.59 Å². The number of hydrogen-bond acceptors (Lipinski definition) is 3. The summed E-state index contributed by atoms with van der Waals surface area (Å²) in [4.78, 5) is 35.7. The van der Waals surface area contributed by atoms with E-state index in [1.807, 2.05) is 0 Å². The number of likely N-dealkylation sites (tertiary alicyclic amines) is 1. The standard InChI is InChI=1S/C12H21N3O4/c1-2-9(11(17)18)14-12(19)13-8-10(16)15-6-4-3-5-7-15/h9H,2-8H2,1H3,(H,17,18)(H2,13,14,19). The molecule has 1 aliphatic heterocycles. The van der Waals surface area contributed by atoms with E-state index in [4.69, 9.17) is 5.11 Å². The Morgan fingerprint density at radius 1 is 1.21 bits per heavy atom. The van der Waals surface area contributed by atoms with E-state index in [-0.39, 0.29) is 12.5 Å². The van der Waals surface area contributed by atoms with Gasteiger partial charge in [0.25, 0.3) is 0 Å². The van der Waals surface area contributed by atoms with E-state index in [1.54, 1.807) is 11.8 Å². The van der Waals surface area contributed by atoms with Gasteiger partial charge < -0.3 is 20.6 Å². The highest BCUT2D eigenvalue weighted by Crippen LogP contribution is 2.08. The van der Waals surface area contributed by atoms with Crippen molar-refractivity contribution in [2.45, 2.75) is 38.6 Å². The van der Waals surface area contributed by atoms with Crippen LogP contribution in [0.25, 0.3) is 0 Å². The topological polar surface area (TPSA) is 98.7 Å². The van der Waals surface area contributed by atoms with E-state index in [0.29, 0.717) is 6.42 Å². The molecule has 3 N–H and O–H groups in total. The first-order chi connectivity index (χ1) is 9.04. The van der Waals surface area contributed by atoms with Crippen molar-refractivity contribution in [3.8, 4) is 0 Å². The molecule has 0 saturated carbocycles. The van der Waals surface area contributed by atoms with Crippen molar-refractivity contribution in [1.82, 2.24) is 15.5 Å². The molecule has 1 saturated heterocycles. The van der Waals surface area contributed by atoms with Crippen molar-refractivity contribution in [1.29, 1.82) is 0 Å². The van der Waals surface area contributed by atoms with E-state index in [1.165, 1.54) is 0 Å². The molecule has 1 unspecified atom stereocenters. The molecule has 1 fully saturated rings. The molecular weight excluding hydrogens is 250 g/mol. The molecule has 1 atom stereocenters. The first-order valence-corrected chi connectivity index (χ1v) is 6.59. The van der Waals surface area contributed by atoms with Gasteiger partial charge >= 0.3 is 12.0 Å². The molecule has 3 amide bonds. The third kappa shape index (κ3) is 5.15. The van der Waals surface area contributed by atoms with Crippen LogP contribution in [0.5, 0.6) is 0 Å². The fourth-order valence-corrected chi connectivity index (χ4v) is 1.96. The van der Waals surface area contributed by atoms with Gasteiger partial charge in [-0.3, -0.25) is 4.79 Å². The summed E-state index contributed by atoms with van der Waals surface area (Å²) in [5.74, 6) is -1.21. The number of piperidine rings is 1. The Bertz CT molecular complexity index is 340. The summed E-state index contributed by atoms with van der Waals surface area (Å²) in [6, 6.07) is -1.55. The molecule has 7 nitrogen and oxygen atoms in total. The molecule has 0 aromatic rings. The number of urea groups is 1. The third-order valence-corrected chi connectivity index (χ3v) is 3.12. The Morgan fingerprint density at radius 2 is 1.84 bits per heavy atom. The zero-order valence-electron chi connectivity index (χ0n) is 11.1. The normalized spacial score (nSPS) is 16.6. The maximum Gasteiger partial charge on any atom is 0.326 e. The number of amides is 3. The molecule has 1 rings (SSSR count). The first-order valence-electron chi connectivity index (χ1n) is 6.59. The Hall–Kier alpha value is -1.79. The summed E-state index contributed by atoms with van der Waals surface area (Å²) in [5, 5.41) is 13.5. The minimum Gasteiger partial charge on any atom is -0.480 e. The highest BCUT2D eigenvalue weighted by molar-refractivity contribution is 5.86. The molecule has 7 heteroatoms. The molecule has 1 aliphatic rings. The minimum atomic E-state index is -1.08. The van der Waals surface area contributed by atoms with Crippen LogP contribution in [0.3, 0.4) is 0 Å². The van der Waals surface area contributed by atoms with E-state index < -0.39 is 18.0 Å². The van der Waals surface area contributed by atoms with Gasteiger partial charge in [0.2, 0.25) is 5.91 Å². The Labute approximate surface area is 112 Å². The summed E-state index contributed by atoms with van der Waals surface area (Å²) in [6.45, 7) is 3.03. The lowest BCUT2D eigenvalue weighted by Crippen LogP contribution is -2.49. The average Bonchev–Trinajstić information content (AvgIpc) is 2.42. The summed E-state index contributed by atoms with van der Waals surface area (Å²) in [6.07, 6.45) is 3.42. The molecule has 0 spiro atoms. The molecule has 19 heavy (non-hydrogen) atoms. The second-order valence-electron chi connectivity index (χ2n) is 4.57. The van der Waals surface area contributed by atoms with Crippen molar-refractivity contribution < 1.29 is 19.5 Å². The monoisotopic (exact) mass is 271 g/mol. The fourth-order valence-electron chi connectivity index (χ4n) is 1.96. The van der Waals surface area contributed by atoms with Crippen molar-refractivity contribution in [2.75, 3.05) is 19.6 Å². The summed E-state index contributed by atoms with van der Waals surface area (Å²) in [7, 11) is 0. The maximum absolute atomic E-state index is 11.8. The van der Waals surface area contributed by atoms with Crippen molar-refractivity contribution in [2.24, 2.45) is 0 Å². The molecule has 0 radical (unpaired) electrons. The molecule has 0 bridgehead atoms. The second kappa shape index (κ2) is 7.60. The highest BCUT2D eigenvalue weighted by Gasteiger charge is 2.19. The summed E-state index contributed by atoms with van der Waals surface area (Å²) in [5.41, 5.74) is 0. The number of carboxylic acids is 1. The quantitative estimate of drug-likeness (QED) is 0.663. The third-order valence-electron chi connectivity index (χ3n) is 3.12. The zero-order valence-corrected chi connectivity index (χ0v) is 11.1. The Balaban J connectivity index is 2.29. The molecular formula is C12H21N3O4. The number of rotatable bonds is 5. The van der Waals surface area contributed by atoms with Gasteiger partial charge in [0.1, 0.15) is 6.04 Å². The van der Waals surface area contributed by atoms with Crippen LogP contribution >= 0.6 is 0 Å². The average molecular weight is 271 g/mol. The van der Waals surface area contributed by atoms with Crippen LogP contribution in [0.1, 0.15) is 32.6 Å². The zero-order chi connectivity index (χ0) is 14.3. The number of aliphatic carboxylic acids is 1. The number of carboxylic acid groups (broad SMARTS) is 1. The number of hydrogen-bond donors (Lipinski definition) is 3. The first kappa shape index (κ1) is 15.3. The minimum absolute atomic E-state index is 0.0954. The smallest absolute Gasteiger partial charge is 0.326 e. The van der Waals surface area contributed by atoms with Gasteiger partial charge in [-0.1, -0.05) is 6.92 Å². The van der Waals surface area contributed by atoms with Gasteiger partial charge in [-0.15, -0.1) is 0 Å². The van der Waals surface area contributed by atoms with Crippen molar-refractivity contribution >= 4 is 17.9 Å². The van der Waals surface area contributed by atoms with E-state index in [9.17, 15) is 14.4 Å². The van der Waals surface area contributed by atoms with E-state index >= 15 is 0 Å². The molecule has 0 aromatic carbocycles. The Kier molecular flexibility index (Phi) is 6.11. The van der Waals surface area contributed by atoms with Crippen LogP contribution in [0, 0.1) is 0 Å². The van der Waals surface area contributed by atoms with Crippen molar-refractivity contribution in [3.63, 3.8) is 0 Å². The largest absolute Gasteiger partial charge is 0.480 e. The highest BCUT2D eigenvalue weighted by atomic mass is 16.4. The molecule has 0 aliphatic carbocycles. The van der Waals surface area contributed by atoms with Gasteiger partial charge in [0.05, 0.1) is 6.54 Å². The van der Waals surface area contributed by atoms with Crippen LogP contribution in [-0.2, 0) is 9.59 Å². The SMILES string of the molecule is CCC(NC(=O)NCC(=O)N1CCCCC1)C(=O)O. The second-order valence-corrected chi connectivity index (χ2v) is 4.57. The lowest BCUT2D eigenvalue weighted by Gasteiger charge is -2.26. The predicted octanol–water partition coefficient (Wildman–Crippen LogP) is 0.161. The Morgan fingerprint density at radius 3 is 2.37 bits per heavy atom. The number of carbonyl (C=O) groups is 3. The predicted molar refractivity (Wildman–Crippen MR) is 68.7 cm³/mol. The lowest BCUT2D eigenvalue weighted by molar-refractivity contribution is -0.139.